The highest BCUT2D eigenvalue weighted by molar-refractivity contribution is 5.95. The second kappa shape index (κ2) is 5.58. The van der Waals surface area contributed by atoms with Gasteiger partial charge in [0.15, 0.2) is 0 Å². The van der Waals surface area contributed by atoms with Gasteiger partial charge in [0.25, 0.3) is 5.91 Å². The van der Waals surface area contributed by atoms with Gasteiger partial charge in [-0.2, -0.15) is 13.2 Å². The Bertz CT molecular complexity index is 540. The second-order valence-corrected chi connectivity index (χ2v) is 5.75. The number of benzene rings is 1. The summed E-state index contributed by atoms with van der Waals surface area (Å²) in [6.45, 7) is 4.62. The van der Waals surface area contributed by atoms with Crippen LogP contribution >= 0.6 is 0 Å². The van der Waals surface area contributed by atoms with Gasteiger partial charge in [-0.3, -0.25) is 4.79 Å². The zero-order valence-corrected chi connectivity index (χ0v) is 12.1. The average molecular weight is 300 g/mol. The summed E-state index contributed by atoms with van der Waals surface area (Å²) in [7, 11) is 0. The van der Waals surface area contributed by atoms with Crippen molar-refractivity contribution in [1.82, 2.24) is 4.90 Å². The fourth-order valence-corrected chi connectivity index (χ4v) is 2.84. The first-order valence-corrected chi connectivity index (χ1v) is 6.99. The Morgan fingerprint density at radius 3 is 2.62 bits per heavy atom. The number of nitrogen functional groups attached to an aromatic ring is 1. The molecule has 6 heteroatoms. The van der Waals surface area contributed by atoms with E-state index in [1.807, 2.05) is 13.8 Å². The van der Waals surface area contributed by atoms with Crippen molar-refractivity contribution in [2.75, 3.05) is 12.3 Å². The maximum Gasteiger partial charge on any atom is 0.418 e. The fourth-order valence-electron chi connectivity index (χ4n) is 2.84. The lowest BCUT2D eigenvalue weighted by atomic mass is 10.0. The van der Waals surface area contributed by atoms with Crippen molar-refractivity contribution in [1.29, 1.82) is 0 Å². The molecule has 1 aromatic rings. The summed E-state index contributed by atoms with van der Waals surface area (Å²) in [5.41, 5.74) is 4.09. The average Bonchev–Trinajstić information content (AvgIpc) is 2.86. The van der Waals surface area contributed by atoms with E-state index in [9.17, 15) is 18.0 Å². The van der Waals surface area contributed by atoms with Gasteiger partial charge in [0.05, 0.1) is 5.56 Å². The summed E-state index contributed by atoms with van der Waals surface area (Å²) in [5.74, 6) is -0.0657. The largest absolute Gasteiger partial charge is 0.418 e. The lowest BCUT2D eigenvalue weighted by Crippen LogP contribution is -2.38. The van der Waals surface area contributed by atoms with Crippen LogP contribution in [0.4, 0.5) is 18.9 Å². The van der Waals surface area contributed by atoms with Crippen molar-refractivity contribution >= 4 is 11.6 Å². The van der Waals surface area contributed by atoms with Crippen LogP contribution in [0.25, 0.3) is 0 Å². The Morgan fingerprint density at radius 2 is 2.05 bits per heavy atom. The van der Waals surface area contributed by atoms with Gasteiger partial charge in [0, 0.05) is 23.8 Å². The zero-order chi connectivity index (χ0) is 15.8. The molecule has 2 rings (SSSR count). The summed E-state index contributed by atoms with van der Waals surface area (Å²) in [4.78, 5) is 14.1. The Morgan fingerprint density at radius 1 is 1.38 bits per heavy atom. The van der Waals surface area contributed by atoms with Gasteiger partial charge in [-0.05, 0) is 37.0 Å². The summed E-state index contributed by atoms with van der Waals surface area (Å²) < 4.78 is 38.6. The molecule has 0 radical (unpaired) electrons. The number of hydrogen-bond donors (Lipinski definition) is 1. The van der Waals surface area contributed by atoms with E-state index in [0.29, 0.717) is 6.54 Å². The molecule has 1 unspecified atom stereocenters. The van der Waals surface area contributed by atoms with Crippen LogP contribution in [0.5, 0.6) is 0 Å². The Labute approximate surface area is 121 Å². The lowest BCUT2D eigenvalue weighted by Gasteiger charge is -2.28. The van der Waals surface area contributed by atoms with Crippen molar-refractivity contribution in [2.45, 2.75) is 38.9 Å². The first-order chi connectivity index (χ1) is 9.71. The van der Waals surface area contributed by atoms with Gasteiger partial charge in [0.2, 0.25) is 0 Å². The second-order valence-electron chi connectivity index (χ2n) is 5.75. The van der Waals surface area contributed by atoms with E-state index in [1.165, 1.54) is 6.07 Å². The van der Waals surface area contributed by atoms with Gasteiger partial charge in [-0.1, -0.05) is 13.8 Å². The number of carbonyl (C=O) groups is 1. The van der Waals surface area contributed by atoms with Crippen molar-refractivity contribution in [3.05, 3.63) is 29.3 Å². The summed E-state index contributed by atoms with van der Waals surface area (Å²) >= 11 is 0. The minimum Gasteiger partial charge on any atom is -0.398 e. The van der Waals surface area contributed by atoms with Crippen LogP contribution in [0.2, 0.25) is 0 Å². The van der Waals surface area contributed by atoms with E-state index in [2.05, 4.69) is 0 Å². The third kappa shape index (κ3) is 3.14. The molecular formula is C15H19F3N2O. The van der Waals surface area contributed by atoms with Gasteiger partial charge >= 0.3 is 6.18 Å². The first-order valence-electron chi connectivity index (χ1n) is 6.99. The number of nitrogens with zero attached hydrogens (tertiary/aromatic N) is 1. The normalized spacial score (nSPS) is 19.3. The maximum atomic E-state index is 12.9. The van der Waals surface area contributed by atoms with Crippen molar-refractivity contribution in [3.63, 3.8) is 0 Å². The highest BCUT2D eigenvalue weighted by Gasteiger charge is 2.35. The SMILES string of the molecule is CC(C)C1CCCN1C(=O)c1ccc(N)c(C(F)(F)F)c1. The molecule has 0 spiro atoms. The van der Waals surface area contributed by atoms with Crippen LogP contribution in [0.15, 0.2) is 18.2 Å². The van der Waals surface area contributed by atoms with Gasteiger partial charge < -0.3 is 10.6 Å². The third-order valence-corrected chi connectivity index (χ3v) is 3.94. The molecule has 1 aliphatic heterocycles. The molecule has 1 atom stereocenters. The standard InChI is InChI=1S/C15H19F3N2O/c1-9(2)13-4-3-7-20(13)14(21)10-5-6-12(19)11(8-10)15(16,17)18/h5-6,8-9,13H,3-4,7,19H2,1-2H3. The number of hydrogen-bond acceptors (Lipinski definition) is 2. The van der Waals surface area contributed by atoms with E-state index >= 15 is 0 Å². The zero-order valence-electron chi connectivity index (χ0n) is 12.1. The predicted octanol–water partition coefficient (Wildman–Crippen LogP) is 3.55. The Kier molecular flexibility index (Phi) is 4.16. The molecule has 0 aromatic heterocycles. The number of carbonyl (C=O) groups excluding carboxylic acids is 1. The molecule has 1 saturated heterocycles. The number of nitrogens with two attached hydrogens (primary N) is 1. The molecule has 3 nitrogen and oxygen atoms in total. The van der Waals surface area contributed by atoms with Crippen molar-refractivity contribution in [3.8, 4) is 0 Å². The van der Waals surface area contributed by atoms with Crippen LogP contribution in [0, 0.1) is 5.92 Å². The van der Waals surface area contributed by atoms with E-state index in [4.69, 9.17) is 5.73 Å². The topological polar surface area (TPSA) is 46.3 Å². The van der Waals surface area contributed by atoms with Gasteiger partial charge in [-0.25, -0.2) is 0 Å². The van der Waals surface area contributed by atoms with Gasteiger partial charge in [-0.15, -0.1) is 0 Å². The number of rotatable bonds is 2. The molecule has 2 N–H and O–H groups in total. The highest BCUT2D eigenvalue weighted by Crippen LogP contribution is 2.35. The smallest absolute Gasteiger partial charge is 0.398 e. The van der Waals surface area contributed by atoms with Crippen molar-refractivity contribution < 1.29 is 18.0 Å². The summed E-state index contributed by atoms with van der Waals surface area (Å²) in [6.07, 6.45) is -2.77. The fraction of sp³-hybridized carbons (Fsp3) is 0.533. The quantitative estimate of drug-likeness (QED) is 0.849. The molecule has 0 saturated carbocycles. The number of alkyl halides is 3. The maximum absolute atomic E-state index is 12.9. The van der Waals surface area contributed by atoms with Crippen LogP contribution < -0.4 is 5.73 Å². The molecule has 1 aliphatic rings. The van der Waals surface area contributed by atoms with Crippen LogP contribution in [0.1, 0.15) is 42.6 Å². The van der Waals surface area contributed by atoms with Crippen LogP contribution in [-0.2, 0) is 6.18 Å². The molecule has 1 heterocycles. The predicted molar refractivity (Wildman–Crippen MR) is 74.8 cm³/mol. The highest BCUT2D eigenvalue weighted by atomic mass is 19.4. The van der Waals surface area contributed by atoms with Gasteiger partial charge in [0.1, 0.15) is 0 Å². The van der Waals surface area contributed by atoms with Crippen LogP contribution in [0.3, 0.4) is 0 Å². The monoisotopic (exact) mass is 300 g/mol. The molecule has 1 aromatic carbocycles. The molecule has 1 fully saturated rings. The minimum absolute atomic E-state index is 0.0454. The Hall–Kier alpha value is -1.72. The van der Waals surface area contributed by atoms with E-state index in [1.54, 1.807) is 4.90 Å². The molecule has 0 aliphatic carbocycles. The molecule has 0 bridgehead atoms. The first kappa shape index (κ1) is 15.7. The molecular weight excluding hydrogens is 281 g/mol. The number of anilines is 1. The number of halogens is 3. The minimum atomic E-state index is -4.55. The van der Waals surface area contributed by atoms with Crippen molar-refractivity contribution in [2.24, 2.45) is 5.92 Å². The van der Waals surface area contributed by atoms with Crippen LogP contribution in [-0.4, -0.2) is 23.4 Å². The summed E-state index contributed by atoms with van der Waals surface area (Å²) in [5, 5.41) is 0. The number of likely N-dealkylation sites (tertiary alicyclic amines) is 1. The molecule has 21 heavy (non-hydrogen) atoms. The third-order valence-electron chi connectivity index (χ3n) is 3.94. The van der Waals surface area contributed by atoms with E-state index < -0.39 is 11.7 Å². The molecule has 1 amide bonds. The molecule has 116 valence electrons. The lowest BCUT2D eigenvalue weighted by molar-refractivity contribution is -0.136. The summed E-state index contributed by atoms with van der Waals surface area (Å²) in [6, 6.07) is 3.45. The van der Waals surface area contributed by atoms with E-state index in [0.717, 1.165) is 25.0 Å². The Balaban J connectivity index is 2.32. The number of amides is 1. The van der Waals surface area contributed by atoms with E-state index in [-0.39, 0.29) is 29.1 Å².